The van der Waals surface area contributed by atoms with Gasteiger partial charge in [-0.3, -0.25) is 14.7 Å². The number of aromatic nitrogens is 1. The minimum absolute atomic E-state index is 0.158. The van der Waals surface area contributed by atoms with Crippen molar-refractivity contribution in [2.24, 2.45) is 5.92 Å². The van der Waals surface area contributed by atoms with Crippen molar-refractivity contribution in [3.05, 3.63) is 36.0 Å². The fourth-order valence-electron chi connectivity index (χ4n) is 5.12. The quantitative estimate of drug-likeness (QED) is 0.719. The molecular formula is C25H30F3N5O. The molecule has 2 aliphatic rings. The van der Waals surface area contributed by atoms with Gasteiger partial charge in [-0.05, 0) is 70.5 Å². The number of amides is 1. The minimum Gasteiger partial charge on any atom is -0.368 e. The van der Waals surface area contributed by atoms with Crippen molar-refractivity contribution in [1.29, 1.82) is 5.26 Å². The molecule has 9 heteroatoms. The van der Waals surface area contributed by atoms with Crippen LogP contribution in [0, 0.1) is 17.2 Å². The fraction of sp³-hybridized carbons (Fsp3) is 0.560. The molecule has 34 heavy (non-hydrogen) atoms. The zero-order valence-corrected chi connectivity index (χ0v) is 19.5. The van der Waals surface area contributed by atoms with Gasteiger partial charge < -0.3 is 10.2 Å². The van der Waals surface area contributed by atoms with Gasteiger partial charge in [-0.1, -0.05) is 6.42 Å². The van der Waals surface area contributed by atoms with E-state index in [1.165, 1.54) is 0 Å². The van der Waals surface area contributed by atoms with E-state index in [0.29, 0.717) is 22.2 Å². The third-order valence-corrected chi connectivity index (χ3v) is 7.16. The van der Waals surface area contributed by atoms with Crippen LogP contribution >= 0.6 is 0 Å². The van der Waals surface area contributed by atoms with E-state index in [1.54, 1.807) is 35.4 Å². The number of anilines is 1. The molecule has 0 spiro atoms. The molecule has 1 aromatic carbocycles. The number of carbonyl (C=O) groups is 1. The second-order valence-corrected chi connectivity index (χ2v) is 9.80. The number of nitrogens with one attached hydrogen (secondary N) is 1. The number of alkyl halides is 3. The largest absolute Gasteiger partial charge is 0.393 e. The fourth-order valence-corrected chi connectivity index (χ4v) is 5.12. The van der Waals surface area contributed by atoms with Gasteiger partial charge in [0.15, 0.2) is 0 Å². The molecule has 2 aliphatic heterocycles. The van der Waals surface area contributed by atoms with Gasteiger partial charge in [-0.15, -0.1) is 0 Å². The maximum absolute atomic E-state index is 13.9. The summed E-state index contributed by atoms with van der Waals surface area (Å²) in [7, 11) is 0. The zero-order chi connectivity index (χ0) is 24.5. The normalized spacial score (nSPS) is 22.4. The molecular weight excluding hydrogens is 443 g/mol. The average molecular weight is 474 g/mol. The van der Waals surface area contributed by atoms with Crippen LogP contribution in [-0.4, -0.2) is 59.7 Å². The molecule has 0 bridgehead atoms. The topological polar surface area (TPSA) is 72.3 Å². The summed E-state index contributed by atoms with van der Waals surface area (Å²) in [6.07, 6.45) is 0.187. The summed E-state index contributed by atoms with van der Waals surface area (Å²) in [5.41, 5.74) is 0.632. The smallest absolute Gasteiger partial charge is 0.368 e. The number of benzene rings is 1. The standard InChI is InChI=1S/C25H30F3N5O/c1-24(2,33-11-4-3-5-12-33)23(34)31-19-13-18(25(26,27)28)15-32(16-19)21-9-8-17(14-29)22-20(21)7-6-10-30-22/h6-10,18-19H,3-5,11-13,15-16H2,1-2H3,(H,31,34)/t18?,19-/m1/s1. The number of hydrogen-bond donors (Lipinski definition) is 1. The second-order valence-electron chi connectivity index (χ2n) is 9.80. The lowest BCUT2D eigenvalue weighted by molar-refractivity contribution is -0.178. The minimum atomic E-state index is -4.38. The molecule has 2 aromatic rings. The SMILES string of the molecule is CC(C)(C(=O)N[C@@H]1CC(C(F)(F)F)CN(c2ccc(C#N)c3ncccc23)C1)N1CCCCC1. The molecule has 3 heterocycles. The first-order valence-corrected chi connectivity index (χ1v) is 11.8. The van der Waals surface area contributed by atoms with Crippen LogP contribution in [-0.2, 0) is 4.79 Å². The van der Waals surface area contributed by atoms with Crippen molar-refractivity contribution in [3.63, 3.8) is 0 Å². The molecule has 1 amide bonds. The molecule has 1 aromatic heterocycles. The summed E-state index contributed by atoms with van der Waals surface area (Å²) < 4.78 is 41.7. The summed E-state index contributed by atoms with van der Waals surface area (Å²) in [6, 6.07) is 8.18. The molecule has 2 saturated heterocycles. The van der Waals surface area contributed by atoms with Gasteiger partial charge in [0.1, 0.15) is 6.07 Å². The molecule has 2 fully saturated rings. The van der Waals surface area contributed by atoms with Gasteiger partial charge >= 0.3 is 6.18 Å². The van der Waals surface area contributed by atoms with E-state index < -0.39 is 23.7 Å². The molecule has 182 valence electrons. The number of nitrogens with zero attached hydrogens (tertiary/aromatic N) is 4. The van der Waals surface area contributed by atoms with E-state index in [-0.39, 0.29) is 25.4 Å². The van der Waals surface area contributed by atoms with Crippen LogP contribution in [0.1, 0.15) is 45.1 Å². The van der Waals surface area contributed by atoms with Gasteiger partial charge in [-0.25, -0.2) is 0 Å². The first kappa shape index (κ1) is 24.3. The first-order valence-electron chi connectivity index (χ1n) is 11.8. The first-order chi connectivity index (χ1) is 16.1. The van der Waals surface area contributed by atoms with Crippen molar-refractivity contribution in [2.75, 3.05) is 31.1 Å². The van der Waals surface area contributed by atoms with E-state index in [1.807, 2.05) is 13.8 Å². The van der Waals surface area contributed by atoms with Crippen LogP contribution in [0.15, 0.2) is 30.5 Å². The van der Waals surface area contributed by atoms with Crippen molar-refractivity contribution >= 4 is 22.5 Å². The highest BCUT2D eigenvalue weighted by Crippen LogP contribution is 2.37. The Labute approximate surface area is 197 Å². The number of rotatable bonds is 4. The molecule has 1 N–H and O–H groups in total. The van der Waals surface area contributed by atoms with Crippen LogP contribution in [0.5, 0.6) is 0 Å². The number of nitriles is 1. The van der Waals surface area contributed by atoms with E-state index in [2.05, 4.69) is 21.3 Å². The number of fused-ring (bicyclic) bond motifs is 1. The van der Waals surface area contributed by atoms with Crippen LogP contribution in [0.25, 0.3) is 10.9 Å². The summed E-state index contributed by atoms with van der Waals surface area (Å²) >= 11 is 0. The van der Waals surface area contributed by atoms with Crippen LogP contribution in [0.4, 0.5) is 18.9 Å². The number of piperidine rings is 2. The number of hydrogen-bond acceptors (Lipinski definition) is 5. The highest BCUT2D eigenvalue weighted by Gasteiger charge is 2.46. The monoisotopic (exact) mass is 473 g/mol. The van der Waals surface area contributed by atoms with Gasteiger partial charge in [0.2, 0.25) is 5.91 Å². The molecule has 0 saturated carbocycles. The lowest BCUT2D eigenvalue weighted by Crippen LogP contribution is -2.61. The molecule has 0 aliphatic carbocycles. The molecule has 2 atom stereocenters. The lowest BCUT2D eigenvalue weighted by atomic mass is 9.91. The number of pyridine rings is 1. The molecule has 1 unspecified atom stereocenters. The summed E-state index contributed by atoms with van der Waals surface area (Å²) in [4.78, 5) is 21.3. The summed E-state index contributed by atoms with van der Waals surface area (Å²) in [6.45, 7) is 5.36. The number of carbonyl (C=O) groups excluding carboxylic acids is 1. The van der Waals surface area contributed by atoms with Gasteiger partial charge in [0.05, 0.1) is 22.5 Å². The predicted molar refractivity (Wildman–Crippen MR) is 124 cm³/mol. The van der Waals surface area contributed by atoms with Crippen molar-refractivity contribution in [3.8, 4) is 6.07 Å². The van der Waals surface area contributed by atoms with Gasteiger partial charge in [-0.2, -0.15) is 18.4 Å². The Kier molecular flexibility index (Phi) is 6.72. The Morgan fingerprint density at radius 3 is 2.56 bits per heavy atom. The zero-order valence-electron chi connectivity index (χ0n) is 19.5. The Morgan fingerprint density at radius 2 is 1.88 bits per heavy atom. The number of likely N-dealkylation sites (tertiary alicyclic amines) is 1. The van der Waals surface area contributed by atoms with E-state index in [4.69, 9.17) is 0 Å². The third kappa shape index (κ3) is 4.83. The van der Waals surface area contributed by atoms with E-state index >= 15 is 0 Å². The van der Waals surface area contributed by atoms with Crippen molar-refractivity contribution in [1.82, 2.24) is 15.2 Å². The Morgan fingerprint density at radius 1 is 1.15 bits per heavy atom. The Balaban J connectivity index is 1.61. The second kappa shape index (κ2) is 9.41. The summed E-state index contributed by atoms with van der Waals surface area (Å²) in [5, 5.41) is 13.0. The lowest BCUT2D eigenvalue weighted by Gasteiger charge is -2.43. The number of halogens is 3. The van der Waals surface area contributed by atoms with Crippen LogP contribution in [0.3, 0.4) is 0 Å². The van der Waals surface area contributed by atoms with Gasteiger partial charge in [0.25, 0.3) is 0 Å². The highest BCUT2D eigenvalue weighted by atomic mass is 19.4. The Bertz CT molecular complexity index is 1090. The van der Waals surface area contributed by atoms with Crippen molar-refractivity contribution < 1.29 is 18.0 Å². The van der Waals surface area contributed by atoms with Crippen LogP contribution < -0.4 is 10.2 Å². The highest BCUT2D eigenvalue weighted by molar-refractivity contribution is 5.95. The maximum Gasteiger partial charge on any atom is 0.393 e. The third-order valence-electron chi connectivity index (χ3n) is 7.16. The van der Waals surface area contributed by atoms with Crippen LogP contribution in [0.2, 0.25) is 0 Å². The molecule has 0 radical (unpaired) electrons. The van der Waals surface area contributed by atoms with E-state index in [0.717, 1.165) is 32.4 Å². The van der Waals surface area contributed by atoms with Gasteiger partial charge in [0, 0.05) is 36.4 Å². The summed E-state index contributed by atoms with van der Waals surface area (Å²) in [5.74, 6) is -1.82. The predicted octanol–water partition coefficient (Wildman–Crippen LogP) is 4.24. The van der Waals surface area contributed by atoms with Crippen molar-refractivity contribution in [2.45, 2.75) is 57.3 Å². The average Bonchev–Trinajstić information content (AvgIpc) is 2.83. The van der Waals surface area contributed by atoms with E-state index in [9.17, 15) is 23.2 Å². The Hall–Kier alpha value is -2.86. The molecule has 4 rings (SSSR count). The maximum atomic E-state index is 13.9. The molecule has 6 nitrogen and oxygen atoms in total.